The molecule has 0 aromatic carbocycles. The van der Waals surface area contributed by atoms with Crippen molar-refractivity contribution in [1.29, 1.82) is 0 Å². The molecule has 0 radical (unpaired) electrons. The minimum atomic E-state index is 0.389. The Kier molecular flexibility index (Phi) is 2.16. The molecule has 0 unspecified atom stereocenters. The summed E-state index contributed by atoms with van der Waals surface area (Å²) in [4.78, 5) is 0. The van der Waals surface area contributed by atoms with E-state index in [1.54, 1.807) is 11.3 Å². The molecule has 1 saturated heterocycles. The highest BCUT2D eigenvalue weighted by Gasteiger charge is 2.18. The van der Waals surface area contributed by atoms with Gasteiger partial charge in [0.1, 0.15) is 6.10 Å². The zero-order valence-corrected chi connectivity index (χ0v) is 8.24. The van der Waals surface area contributed by atoms with Crippen LogP contribution in [0.5, 0.6) is 5.06 Å². The molecule has 2 heterocycles. The van der Waals surface area contributed by atoms with E-state index in [1.165, 1.54) is 0 Å². The average Bonchev–Trinajstić information content (AvgIpc) is 2.27. The maximum absolute atomic E-state index is 5.60. The molecule has 0 atom stereocenters. The molecule has 0 aliphatic carbocycles. The van der Waals surface area contributed by atoms with Crippen molar-refractivity contribution in [3.8, 4) is 5.06 Å². The summed E-state index contributed by atoms with van der Waals surface area (Å²) in [5, 5.41) is 6.19. The quantitative estimate of drug-likeness (QED) is 0.843. The van der Waals surface area contributed by atoms with Crippen molar-refractivity contribution < 1.29 is 4.74 Å². The molecule has 1 aromatic rings. The van der Waals surface area contributed by atoms with E-state index in [0.29, 0.717) is 6.10 Å². The topological polar surface area (TPSA) is 21.3 Å². The lowest BCUT2D eigenvalue weighted by atomic mass is 10.2. The normalized spacial score (nSPS) is 17.9. The highest BCUT2D eigenvalue weighted by molar-refractivity contribution is 9.10. The SMILES string of the molecule is Brc1csc(OC2CNC2)c1. The fourth-order valence-electron chi connectivity index (χ4n) is 0.867. The second kappa shape index (κ2) is 3.13. The third-order valence-corrected chi connectivity index (χ3v) is 3.15. The molecule has 11 heavy (non-hydrogen) atoms. The summed E-state index contributed by atoms with van der Waals surface area (Å²) < 4.78 is 6.70. The third-order valence-electron chi connectivity index (χ3n) is 1.57. The molecule has 2 nitrogen and oxygen atoms in total. The molecule has 0 bridgehead atoms. The van der Waals surface area contributed by atoms with Crippen molar-refractivity contribution in [2.24, 2.45) is 0 Å². The Morgan fingerprint density at radius 1 is 1.64 bits per heavy atom. The molecule has 2 rings (SSSR count). The van der Waals surface area contributed by atoms with Gasteiger partial charge < -0.3 is 10.1 Å². The van der Waals surface area contributed by atoms with Gasteiger partial charge in [-0.25, -0.2) is 0 Å². The van der Waals surface area contributed by atoms with E-state index in [0.717, 1.165) is 22.6 Å². The first-order valence-electron chi connectivity index (χ1n) is 3.46. The molecule has 4 heteroatoms. The fraction of sp³-hybridized carbons (Fsp3) is 0.429. The Morgan fingerprint density at radius 3 is 2.91 bits per heavy atom. The molecule has 1 aromatic heterocycles. The molecule has 0 amide bonds. The number of ether oxygens (including phenoxy) is 1. The monoisotopic (exact) mass is 233 g/mol. The summed E-state index contributed by atoms with van der Waals surface area (Å²) >= 11 is 5.01. The molecule has 0 spiro atoms. The Labute approximate surface area is 77.7 Å². The molecule has 1 N–H and O–H groups in total. The van der Waals surface area contributed by atoms with Crippen molar-refractivity contribution in [3.05, 3.63) is 15.9 Å². The summed E-state index contributed by atoms with van der Waals surface area (Å²) in [7, 11) is 0. The molecule has 60 valence electrons. The molecule has 1 fully saturated rings. The Morgan fingerprint density at radius 2 is 2.45 bits per heavy atom. The number of rotatable bonds is 2. The van der Waals surface area contributed by atoms with Gasteiger partial charge >= 0.3 is 0 Å². The predicted octanol–water partition coefficient (Wildman–Crippen LogP) is 1.86. The zero-order chi connectivity index (χ0) is 7.68. The van der Waals surface area contributed by atoms with Crippen LogP contribution in [0.3, 0.4) is 0 Å². The fourth-order valence-corrected chi connectivity index (χ4v) is 2.19. The average molecular weight is 234 g/mol. The van der Waals surface area contributed by atoms with E-state index in [9.17, 15) is 0 Å². The van der Waals surface area contributed by atoms with Gasteiger partial charge in [0.15, 0.2) is 5.06 Å². The van der Waals surface area contributed by atoms with E-state index in [1.807, 2.05) is 11.4 Å². The minimum absolute atomic E-state index is 0.389. The number of thiophene rings is 1. The second-order valence-corrected chi connectivity index (χ2v) is 4.27. The molecule has 1 aliphatic rings. The van der Waals surface area contributed by atoms with Crippen LogP contribution < -0.4 is 10.1 Å². The van der Waals surface area contributed by atoms with E-state index >= 15 is 0 Å². The zero-order valence-electron chi connectivity index (χ0n) is 5.84. The van der Waals surface area contributed by atoms with Gasteiger partial charge in [0, 0.05) is 29.0 Å². The van der Waals surface area contributed by atoms with Crippen molar-refractivity contribution in [3.63, 3.8) is 0 Å². The summed E-state index contributed by atoms with van der Waals surface area (Å²) in [5.41, 5.74) is 0. The van der Waals surface area contributed by atoms with Gasteiger partial charge in [0.05, 0.1) is 0 Å². The first kappa shape index (κ1) is 7.58. The van der Waals surface area contributed by atoms with Crippen LogP contribution >= 0.6 is 27.3 Å². The first-order chi connectivity index (χ1) is 5.34. The molecule has 0 saturated carbocycles. The van der Waals surface area contributed by atoms with Crippen molar-refractivity contribution >= 4 is 27.3 Å². The van der Waals surface area contributed by atoms with Crippen LogP contribution in [-0.4, -0.2) is 19.2 Å². The van der Waals surface area contributed by atoms with Crippen LogP contribution in [0.25, 0.3) is 0 Å². The summed E-state index contributed by atoms with van der Waals surface area (Å²) in [6.07, 6.45) is 0.389. The highest BCUT2D eigenvalue weighted by Crippen LogP contribution is 2.27. The Balaban J connectivity index is 1.95. The van der Waals surface area contributed by atoms with Gasteiger partial charge in [-0.1, -0.05) is 0 Å². The van der Waals surface area contributed by atoms with Gasteiger partial charge in [0.2, 0.25) is 0 Å². The highest BCUT2D eigenvalue weighted by atomic mass is 79.9. The van der Waals surface area contributed by atoms with Gasteiger partial charge in [-0.2, -0.15) is 0 Å². The maximum atomic E-state index is 5.60. The number of hydrogen-bond acceptors (Lipinski definition) is 3. The second-order valence-electron chi connectivity index (χ2n) is 2.48. The van der Waals surface area contributed by atoms with E-state index in [2.05, 4.69) is 21.2 Å². The van der Waals surface area contributed by atoms with Crippen LogP contribution in [0.1, 0.15) is 0 Å². The largest absolute Gasteiger partial charge is 0.478 e. The maximum Gasteiger partial charge on any atom is 0.175 e. The van der Waals surface area contributed by atoms with E-state index in [4.69, 9.17) is 4.74 Å². The van der Waals surface area contributed by atoms with Gasteiger partial charge in [-0.3, -0.25) is 0 Å². The van der Waals surface area contributed by atoms with Gasteiger partial charge in [-0.05, 0) is 15.9 Å². The van der Waals surface area contributed by atoms with Gasteiger partial charge in [0.25, 0.3) is 0 Å². The number of halogens is 1. The van der Waals surface area contributed by atoms with Crippen molar-refractivity contribution in [1.82, 2.24) is 5.32 Å². The van der Waals surface area contributed by atoms with Crippen LogP contribution in [0, 0.1) is 0 Å². The predicted molar refractivity (Wildman–Crippen MR) is 49.3 cm³/mol. The van der Waals surface area contributed by atoms with E-state index in [-0.39, 0.29) is 0 Å². The Bertz CT molecular complexity index is 246. The van der Waals surface area contributed by atoms with Crippen molar-refractivity contribution in [2.45, 2.75) is 6.10 Å². The third kappa shape index (κ3) is 1.75. The van der Waals surface area contributed by atoms with Crippen LogP contribution in [0.15, 0.2) is 15.9 Å². The molecular formula is C7H8BrNOS. The summed E-state index contributed by atoms with van der Waals surface area (Å²) in [6.45, 7) is 1.96. The Hall–Kier alpha value is -0.0600. The lowest BCUT2D eigenvalue weighted by Gasteiger charge is -2.26. The standard InChI is InChI=1S/C7H8BrNOS/c8-5-1-7(11-4-5)10-6-2-9-3-6/h1,4,6,9H,2-3H2. The van der Waals surface area contributed by atoms with E-state index < -0.39 is 0 Å². The summed E-state index contributed by atoms with van der Waals surface area (Å²) in [6, 6.07) is 2.00. The lowest BCUT2D eigenvalue weighted by Crippen LogP contribution is -2.50. The number of nitrogens with one attached hydrogen (secondary N) is 1. The van der Waals surface area contributed by atoms with Crippen LogP contribution in [0.2, 0.25) is 0 Å². The summed E-state index contributed by atoms with van der Waals surface area (Å²) in [5.74, 6) is 0. The molecule has 1 aliphatic heterocycles. The molecular weight excluding hydrogens is 226 g/mol. The first-order valence-corrected chi connectivity index (χ1v) is 5.13. The van der Waals surface area contributed by atoms with Gasteiger partial charge in [-0.15, -0.1) is 11.3 Å². The van der Waals surface area contributed by atoms with Crippen LogP contribution in [0.4, 0.5) is 0 Å². The minimum Gasteiger partial charge on any atom is -0.478 e. The number of hydrogen-bond donors (Lipinski definition) is 1. The van der Waals surface area contributed by atoms with Crippen LogP contribution in [-0.2, 0) is 0 Å². The van der Waals surface area contributed by atoms with Crippen molar-refractivity contribution in [2.75, 3.05) is 13.1 Å². The lowest BCUT2D eigenvalue weighted by molar-refractivity contribution is 0.147. The smallest absolute Gasteiger partial charge is 0.175 e.